The van der Waals surface area contributed by atoms with E-state index >= 15 is 0 Å². The Morgan fingerprint density at radius 2 is 1.93 bits per heavy atom. The second-order valence-electron chi connectivity index (χ2n) is 6.54. The van der Waals surface area contributed by atoms with Crippen LogP contribution in [0.25, 0.3) is 0 Å². The summed E-state index contributed by atoms with van der Waals surface area (Å²) in [7, 11) is 0. The first-order chi connectivity index (χ1) is 13.0. The van der Waals surface area contributed by atoms with Gasteiger partial charge in [0.1, 0.15) is 0 Å². The second kappa shape index (κ2) is 8.47. The Morgan fingerprint density at radius 3 is 2.67 bits per heavy atom. The summed E-state index contributed by atoms with van der Waals surface area (Å²) in [6, 6.07) is 5.04. The van der Waals surface area contributed by atoms with Crippen molar-refractivity contribution in [1.82, 2.24) is 20.0 Å². The van der Waals surface area contributed by atoms with Crippen LogP contribution in [0, 0.1) is 6.92 Å². The lowest BCUT2D eigenvalue weighted by molar-refractivity contribution is -0.121. The molecule has 0 spiro atoms. The smallest absolute Gasteiger partial charge is 0.261 e. The first-order valence-electron chi connectivity index (χ1n) is 8.87. The van der Waals surface area contributed by atoms with Crippen LogP contribution < -0.4 is 5.32 Å². The third-order valence-corrected chi connectivity index (χ3v) is 4.86. The number of amides is 3. The fourth-order valence-corrected chi connectivity index (χ4v) is 3.37. The lowest BCUT2D eigenvalue weighted by atomic mass is 10.1. The number of aromatic nitrogens is 2. The van der Waals surface area contributed by atoms with Crippen molar-refractivity contribution in [2.24, 2.45) is 0 Å². The van der Waals surface area contributed by atoms with Crippen molar-refractivity contribution in [1.29, 1.82) is 0 Å². The van der Waals surface area contributed by atoms with Crippen LogP contribution in [-0.2, 0) is 11.3 Å². The predicted molar refractivity (Wildman–Crippen MR) is 103 cm³/mol. The third kappa shape index (κ3) is 4.63. The summed E-state index contributed by atoms with van der Waals surface area (Å²) >= 11 is 3.31. The van der Waals surface area contributed by atoms with Gasteiger partial charge in [0, 0.05) is 36.7 Å². The highest BCUT2D eigenvalue weighted by Gasteiger charge is 2.35. The van der Waals surface area contributed by atoms with Gasteiger partial charge in [-0.3, -0.25) is 24.0 Å². The molecular formula is C19H21BrN4O3. The summed E-state index contributed by atoms with van der Waals surface area (Å²) in [5.41, 5.74) is 1.94. The molecule has 1 aliphatic rings. The number of aryl methyl sites for hydroxylation is 2. The first kappa shape index (κ1) is 19.3. The van der Waals surface area contributed by atoms with Gasteiger partial charge in [-0.2, -0.15) is 5.10 Å². The number of benzene rings is 1. The van der Waals surface area contributed by atoms with Gasteiger partial charge in [0.15, 0.2) is 0 Å². The number of halogens is 1. The van der Waals surface area contributed by atoms with Gasteiger partial charge < -0.3 is 5.32 Å². The zero-order chi connectivity index (χ0) is 19.4. The molecule has 142 valence electrons. The number of hydrogen-bond donors (Lipinski definition) is 1. The molecule has 0 fully saturated rings. The minimum atomic E-state index is -0.300. The zero-order valence-corrected chi connectivity index (χ0v) is 16.7. The number of imide groups is 1. The number of hydrogen-bond acceptors (Lipinski definition) is 4. The van der Waals surface area contributed by atoms with Crippen LogP contribution in [0.4, 0.5) is 0 Å². The molecule has 1 aromatic carbocycles. The van der Waals surface area contributed by atoms with Gasteiger partial charge in [0.05, 0.1) is 17.3 Å². The van der Waals surface area contributed by atoms with E-state index in [9.17, 15) is 14.4 Å². The van der Waals surface area contributed by atoms with Crippen molar-refractivity contribution in [3.8, 4) is 0 Å². The van der Waals surface area contributed by atoms with Gasteiger partial charge in [-0.05, 0) is 43.5 Å². The molecule has 3 amide bonds. The maximum absolute atomic E-state index is 12.4. The molecule has 0 bridgehead atoms. The summed E-state index contributed by atoms with van der Waals surface area (Å²) in [5.74, 6) is -0.672. The highest BCUT2D eigenvalue weighted by molar-refractivity contribution is 9.10. The molecule has 27 heavy (non-hydrogen) atoms. The molecule has 0 radical (unpaired) electrons. The molecule has 8 heteroatoms. The second-order valence-corrected chi connectivity index (χ2v) is 7.46. The fraction of sp³-hybridized carbons (Fsp3) is 0.368. The van der Waals surface area contributed by atoms with Gasteiger partial charge in [-0.1, -0.05) is 15.9 Å². The Kier molecular flexibility index (Phi) is 6.05. The van der Waals surface area contributed by atoms with Crippen molar-refractivity contribution in [3.63, 3.8) is 0 Å². The third-order valence-electron chi connectivity index (χ3n) is 4.37. The molecule has 2 heterocycles. The lowest BCUT2D eigenvalue weighted by Gasteiger charge is -2.13. The summed E-state index contributed by atoms with van der Waals surface area (Å²) in [5, 5.41) is 7.05. The Hall–Kier alpha value is -2.48. The van der Waals surface area contributed by atoms with Gasteiger partial charge in [-0.25, -0.2) is 0 Å². The Morgan fingerprint density at radius 1 is 1.15 bits per heavy atom. The molecule has 0 atom stereocenters. The van der Waals surface area contributed by atoms with Crippen molar-refractivity contribution < 1.29 is 14.4 Å². The van der Waals surface area contributed by atoms with Crippen LogP contribution in [-0.4, -0.2) is 45.5 Å². The van der Waals surface area contributed by atoms with Gasteiger partial charge in [-0.15, -0.1) is 0 Å². The Balaban J connectivity index is 1.38. The normalized spacial score (nSPS) is 13.2. The summed E-state index contributed by atoms with van der Waals surface area (Å²) in [6.45, 7) is 3.54. The maximum atomic E-state index is 12.4. The van der Waals surface area contributed by atoms with Crippen LogP contribution in [0.1, 0.15) is 45.5 Å². The minimum absolute atomic E-state index is 0.0778. The van der Waals surface area contributed by atoms with E-state index in [4.69, 9.17) is 0 Å². The van der Waals surface area contributed by atoms with Gasteiger partial charge in [0.2, 0.25) is 5.91 Å². The standard InChI is InChI=1S/C19H21BrN4O3/c1-13-11-22-23(12-13)8-3-7-21-17(25)4-2-9-24-18(26)15-6-5-14(20)10-16(15)19(24)27/h5-6,10-12H,2-4,7-9H2,1H3,(H,21,25). The molecule has 0 saturated heterocycles. The number of rotatable bonds is 8. The lowest BCUT2D eigenvalue weighted by Crippen LogP contribution is -2.32. The molecule has 1 N–H and O–H groups in total. The topological polar surface area (TPSA) is 84.3 Å². The van der Waals surface area contributed by atoms with Crippen LogP contribution in [0.15, 0.2) is 35.1 Å². The molecule has 0 saturated carbocycles. The molecule has 0 aliphatic carbocycles. The van der Waals surface area contributed by atoms with E-state index in [2.05, 4.69) is 26.3 Å². The summed E-state index contributed by atoms with van der Waals surface area (Å²) in [6.07, 6.45) is 5.27. The number of carbonyl (C=O) groups excluding carboxylic acids is 3. The minimum Gasteiger partial charge on any atom is -0.356 e. The van der Waals surface area contributed by atoms with E-state index < -0.39 is 0 Å². The van der Waals surface area contributed by atoms with Crippen molar-refractivity contribution in [3.05, 3.63) is 51.8 Å². The summed E-state index contributed by atoms with van der Waals surface area (Å²) in [4.78, 5) is 37.8. The zero-order valence-electron chi connectivity index (χ0n) is 15.1. The van der Waals surface area contributed by atoms with E-state index in [1.54, 1.807) is 24.4 Å². The average Bonchev–Trinajstić information content (AvgIpc) is 3.15. The molecule has 1 aliphatic heterocycles. The average molecular weight is 433 g/mol. The molecule has 7 nitrogen and oxygen atoms in total. The fourth-order valence-electron chi connectivity index (χ4n) is 3.01. The number of carbonyl (C=O) groups is 3. The quantitative estimate of drug-likeness (QED) is 0.512. The number of nitrogens with zero attached hydrogens (tertiary/aromatic N) is 3. The van der Waals surface area contributed by atoms with Crippen molar-refractivity contribution in [2.75, 3.05) is 13.1 Å². The first-order valence-corrected chi connectivity index (χ1v) is 9.66. The molecule has 0 unspecified atom stereocenters. The highest BCUT2D eigenvalue weighted by Crippen LogP contribution is 2.26. The monoisotopic (exact) mass is 432 g/mol. The largest absolute Gasteiger partial charge is 0.356 e. The predicted octanol–water partition coefficient (Wildman–Crippen LogP) is 2.54. The Bertz CT molecular complexity index is 878. The number of nitrogens with one attached hydrogen (secondary N) is 1. The van der Waals surface area contributed by atoms with E-state index in [1.807, 2.05) is 17.8 Å². The maximum Gasteiger partial charge on any atom is 0.261 e. The van der Waals surface area contributed by atoms with E-state index in [1.165, 1.54) is 4.90 Å². The van der Waals surface area contributed by atoms with E-state index in [0.717, 1.165) is 23.0 Å². The molecule has 2 aromatic rings. The van der Waals surface area contributed by atoms with Crippen molar-refractivity contribution in [2.45, 2.75) is 32.7 Å². The van der Waals surface area contributed by atoms with Crippen LogP contribution >= 0.6 is 15.9 Å². The highest BCUT2D eigenvalue weighted by atomic mass is 79.9. The van der Waals surface area contributed by atoms with E-state index in [-0.39, 0.29) is 30.7 Å². The van der Waals surface area contributed by atoms with Gasteiger partial charge in [0.25, 0.3) is 11.8 Å². The van der Waals surface area contributed by atoms with Crippen LogP contribution in [0.5, 0.6) is 0 Å². The Labute approximate surface area is 165 Å². The van der Waals surface area contributed by atoms with E-state index in [0.29, 0.717) is 24.1 Å². The SMILES string of the molecule is Cc1cnn(CCCNC(=O)CCCN2C(=O)c3ccc(Br)cc3C2=O)c1. The van der Waals surface area contributed by atoms with Crippen LogP contribution in [0.3, 0.4) is 0 Å². The molecule has 1 aromatic heterocycles. The summed E-state index contributed by atoms with van der Waals surface area (Å²) < 4.78 is 2.61. The number of fused-ring (bicyclic) bond motifs is 1. The molecule has 3 rings (SSSR count). The molecular weight excluding hydrogens is 412 g/mol. The van der Waals surface area contributed by atoms with Crippen LogP contribution in [0.2, 0.25) is 0 Å². The van der Waals surface area contributed by atoms with Gasteiger partial charge >= 0.3 is 0 Å². The van der Waals surface area contributed by atoms with Crippen molar-refractivity contribution >= 4 is 33.7 Å².